The van der Waals surface area contributed by atoms with Crippen molar-refractivity contribution >= 4 is 21.9 Å². The number of fused-ring (bicyclic) bond motifs is 1. The number of hydrogen-bond acceptors (Lipinski definition) is 4. The van der Waals surface area contributed by atoms with Gasteiger partial charge in [-0.15, -0.1) is 0 Å². The van der Waals surface area contributed by atoms with Gasteiger partial charge in [0.2, 0.25) is 0 Å². The second-order valence-electron chi connectivity index (χ2n) is 4.22. The van der Waals surface area contributed by atoms with Gasteiger partial charge in [-0.1, -0.05) is 0 Å². The average molecular weight is 344 g/mol. The van der Waals surface area contributed by atoms with Crippen molar-refractivity contribution in [3.63, 3.8) is 0 Å². The second kappa shape index (κ2) is 7.35. The van der Waals surface area contributed by atoms with Gasteiger partial charge in [-0.05, 0) is 33.6 Å². The fourth-order valence-corrected chi connectivity index (χ4v) is 2.37. The molecule has 0 aliphatic carbocycles. The van der Waals surface area contributed by atoms with Crippen molar-refractivity contribution in [2.45, 2.75) is 6.54 Å². The molecule has 0 atom stereocenters. The van der Waals surface area contributed by atoms with Crippen LogP contribution in [0.5, 0.6) is 11.5 Å². The van der Waals surface area contributed by atoms with E-state index in [4.69, 9.17) is 19.9 Å². The lowest BCUT2D eigenvalue weighted by Gasteiger charge is -2.20. The van der Waals surface area contributed by atoms with Crippen LogP contribution in [-0.4, -0.2) is 39.4 Å². The van der Waals surface area contributed by atoms with Crippen LogP contribution < -0.4 is 20.5 Å². The van der Waals surface area contributed by atoms with E-state index in [-0.39, 0.29) is 0 Å². The molecule has 1 aromatic carbocycles. The first-order valence-electron chi connectivity index (χ1n) is 6.31. The summed E-state index contributed by atoms with van der Waals surface area (Å²) in [6.45, 7) is 2.83. The van der Waals surface area contributed by atoms with Gasteiger partial charge in [0.1, 0.15) is 13.2 Å². The summed E-state index contributed by atoms with van der Waals surface area (Å²) in [5.74, 6) is 1.88. The van der Waals surface area contributed by atoms with Gasteiger partial charge in [0, 0.05) is 13.7 Å². The Hall–Kier alpha value is -1.47. The maximum Gasteiger partial charge on any atom is 0.188 e. The zero-order valence-electron chi connectivity index (χ0n) is 11.3. The normalized spacial score (nSPS) is 14.2. The molecular weight excluding hydrogens is 326 g/mol. The van der Waals surface area contributed by atoms with Crippen LogP contribution in [-0.2, 0) is 11.3 Å². The van der Waals surface area contributed by atoms with E-state index >= 15 is 0 Å². The van der Waals surface area contributed by atoms with Crippen LogP contribution in [0.2, 0.25) is 0 Å². The molecule has 0 fully saturated rings. The van der Waals surface area contributed by atoms with E-state index in [1.54, 1.807) is 7.11 Å². The standard InChI is InChI=1S/C13H18BrN3O3/c1-18-3-2-16-13(15)17-8-9-6-10(14)12-11(7-9)19-4-5-20-12/h6-7H,2-5,8H2,1H3,(H3,15,16,17). The number of nitrogens with zero attached hydrogens (tertiary/aromatic N) is 1. The topological polar surface area (TPSA) is 78.1 Å². The fourth-order valence-electron chi connectivity index (χ4n) is 1.77. The summed E-state index contributed by atoms with van der Waals surface area (Å²) in [4.78, 5) is 4.27. The molecule has 0 amide bonds. The van der Waals surface area contributed by atoms with Crippen molar-refractivity contribution in [1.82, 2.24) is 5.32 Å². The molecule has 0 radical (unpaired) electrons. The lowest BCUT2D eigenvalue weighted by Crippen LogP contribution is -2.34. The third-order valence-electron chi connectivity index (χ3n) is 2.70. The minimum Gasteiger partial charge on any atom is -0.486 e. The third-order valence-corrected chi connectivity index (χ3v) is 3.29. The highest BCUT2D eigenvalue weighted by atomic mass is 79.9. The summed E-state index contributed by atoms with van der Waals surface area (Å²) in [6, 6.07) is 3.88. The Kier molecular flexibility index (Phi) is 5.49. The monoisotopic (exact) mass is 343 g/mol. The number of benzene rings is 1. The molecule has 0 spiro atoms. The van der Waals surface area contributed by atoms with Crippen LogP contribution in [0.4, 0.5) is 0 Å². The van der Waals surface area contributed by atoms with E-state index in [1.807, 2.05) is 12.1 Å². The maximum absolute atomic E-state index is 5.75. The highest BCUT2D eigenvalue weighted by Gasteiger charge is 2.16. The van der Waals surface area contributed by atoms with E-state index in [2.05, 4.69) is 26.2 Å². The minimum absolute atomic E-state index is 0.396. The quantitative estimate of drug-likeness (QED) is 0.478. The van der Waals surface area contributed by atoms with Crippen molar-refractivity contribution in [2.75, 3.05) is 33.5 Å². The smallest absolute Gasteiger partial charge is 0.188 e. The van der Waals surface area contributed by atoms with Gasteiger partial charge in [0.15, 0.2) is 17.5 Å². The molecule has 0 aromatic heterocycles. The highest BCUT2D eigenvalue weighted by molar-refractivity contribution is 9.10. The highest BCUT2D eigenvalue weighted by Crippen LogP contribution is 2.38. The van der Waals surface area contributed by atoms with Crippen molar-refractivity contribution in [3.05, 3.63) is 22.2 Å². The SMILES string of the molecule is COCCNC(N)=NCc1cc(Br)c2c(c1)OCCO2. The number of nitrogens with two attached hydrogens (primary N) is 1. The first-order chi connectivity index (χ1) is 9.70. The van der Waals surface area contributed by atoms with Gasteiger partial charge in [-0.3, -0.25) is 0 Å². The average Bonchev–Trinajstić information content (AvgIpc) is 2.45. The zero-order chi connectivity index (χ0) is 14.4. The Balaban J connectivity index is 1.99. The van der Waals surface area contributed by atoms with Gasteiger partial charge in [0.05, 0.1) is 17.6 Å². The molecule has 0 bridgehead atoms. The van der Waals surface area contributed by atoms with E-state index in [0.717, 1.165) is 21.5 Å². The molecule has 0 saturated heterocycles. The summed E-state index contributed by atoms with van der Waals surface area (Å²) in [5, 5.41) is 2.97. The molecule has 0 unspecified atom stereocenters. The molecule has 1 aromatic rings. The Morgan fingerprint density at radius 2 is 2.25 bits per heavy atom. The van der Waals surface area contributed by atoms with Crippen LogP contribution in [0.25, 0.3) is 0 Å². The van der Waals surface area contributed by atoms with Gasteiger partial charge >= 0.3 is 0 Å². The molecule has 2 rings (SSSR count). The number of hydrogen-bond donors (Lipinski definition) is 2. The van der Waals surface area contributed by atoms with Gasteiger partial charge in [-0.25, -0.2) is 4.99 Å². The van der Waals surface area contributed by atoms with Crippen LogP contribution >= 0.6 is 15.9 Å². The maximum atomic E-state index is 5.75. The van der Waals surface area contributed by atoms with E-state index in [1.165, 1.54) is 0 Å². The number of halogens is 1. The molecule has 110 valence electrons. The molecule has 1 aliphatic heterocycles. The molecule has 1 heterocycles. The minimum atomic E-state index is 0.396. The summed E-state index contributed by atoms with van der Waals surface area (Å²) in [5.41, 5.74) is 6.75. The first kappa shape index (κ1) is 14.9. The van der Waals surface area contributed by atoms with E-state index in [9.17, 15) is 0 Å². The number of aliphatic imine (C=N–C) groups is 1. The van der Waals surface area contributed by atoms with Crippen LogP contribution in [0, 0.1) is 0 Å². The Morgan fingerprint density at radius 3 is 3.05 bits per heavy atom. The summed E-state index contributed by atoms with van der Waals surface area (Å²) < 4.78 is 16.9. The number of rotatable bonds is 5. The van der Waals surface area contributed by atoms with Crippen molar-refractivity contribution < 1.29 is 14.2 Å². The number of guanidine groups is 1. The van der Waals surface area contributed by atoms with E-state index in [0.29, 0.717) is 38.9 Å². The van der Waals surface area contributed by atoms with Crippen LogP contribution in [0.1, 0.15) is 5.56 Å². The number of ether oxygens (including phenoxy) is 3. The van der Waals surface area contributed by atoms with Crippen LogP contribution in [0.3, 0.4) is 0 Å². The van der Waals surface area contributed by atoms with Crippen molar-refractivity contribution in [2.24, 2.45) is 10.7 Å². The predicted octanol–water partition coefficient (Wildman–Crippen LogP) is 1.27. The molecule has 3 N–H and O–H groups in total. The summed E-state index contributed by atoms with van der Waals surface area (Å²) in [7, 11) is 1.64. The zero-order valence-corrected chi connectivity index (χ0v) is 12.9. The molecule has 6 nitrogen and oxygen atoms in total. The number of methoxy groups -OCH3 is 1. The van der Waals surface area contributed by atoms with Crippen LogP contribution in [0.15, 0.2) is 21.6 Å². The summed E-state index contributed by atoms with van der Waals surface area (Å²) in [6.07, 6.45) is 0. The second-order valence-corrected chi connectivity index (χ2v) is 5.08. The fraction of sp³-hybridized carbons (Fsp3) is 0.462. The van der Waals surface area contributed by atoms with Crippen molar-refractivity contribution in [3.8, 4) is 11.5 Å². The molecular formula is C13H18BrN3O3. The summed E-state index contributed by atoms with van der Waals surface area (Å²) >= 11 is 3.47. The Labute approximate surface area is 126 Å². The first-order valence-corrected chi connectivity index (χ1v) is 7.10. The van der Waals surface area contributed by atoms with Gasteiger partial charge < -0.3 is 25.3 Å². The van der Waals surface area contributed by atoms with Gasteiger partial charge in [-0.2, -0.15) is 0 Å². The van der Waals surface area contributed by atoms with Gasteiger partial charge in [0.25, 0.3) is 0 Å². The Morgan fingerprint density at radius 1 is 1.45 bits per heavy atom. The largest absolute Gasteiger partial charge is 0.486 e. The molecule has 20 heavy (non-hydrogen) atoms. The van der Waals surface area contributed by atoms with Crippen molar-refractivity contribution in [1.29, 1.82) is 0 Å². The molecule has 1 aliphatic rings. The molecule has 0 saturated carbocycles. The lowest BCUT2D eigenvalue weighted by molar-refractivity contribution is 0.170. The lowest BCUT2D eigenvalue weighted by atomic mass is 10.2. The number of nitrogens with one attached hydrogen (secondary N) is 1. The Bertz CT molecular complexity index is 494. The predicted molar refractivity (Wildman–Crippen MR) is 80.3 cm³/mol. The molecule has 7 heteroatoms. The third kappa shape index (κ3) is 4.01. The van der Waals surface area contributed by atoms with E-state index < -0.39 is 0 Å².